The Morgan fingerprint density at radius 3 is 2.24 bits per heavy atom. The van der Waals surface area contributed by atoms with Gasteiger partial charge in [-0.3, -0.25) is 19.4 Å². The number of carbonyl (C=O) groups is 4. The average molecular weight is 478 g/mol. The minimum Gasteiger partial charge on any atom is -0.480 e. The fourth-order valence-corrected chi connectivity index (χ4v) is 3.04. The van der Waals surface area contributed by atoms with E-state index in [1.807, 2.05) is 30.3 Å². The lowest BCUT2D eigenvalue weighted by Gasteiger charge is -2.23. The number of carbonyl (C=O) groups excluding carboxylic acids is 3. The monoisotopic (exact) mass is 477 g/mol. The topological polar surface area (TPSA) is 215 Å². The molecule has 34 heavy (non-hydrogen) atoms. The molecule has 0 radical (unpaired) electrons. The molecule has 0 aliphatic carbocycles. The summed E-state index contributed by atoms with van der Waals surface area (Å²) in [4.78, 5) is 52.4. The van der Waals surface area contributed by atoms with E-state index in [9.17, 15) is 24.3 Å². The Morgan fingerprint density at radius 2 is 1.68 bits per heavy atom. The normalized spacial score (nSPS) is 13.3. The molecular weight excluding hydrogens is 442 g/mol. The number of carboxylic acids is 1. The second kappa shape index (κ2) is 14.5. The molecule has 0 spiro atoms. The van der Waals surface area contributed by atoms with Crippen LogP contribution in [0.5, 0.6) is 0 Å². The van der Waals surface area contributed by atoms with Crippen LogP contribution in [-0.4, -0.2) is 66.0 Å². The lowest BCUT2D eigenvalue weighted by Crippen LogP contribution is -2.55. The van der Waals surface area contributed by atoms with Crippen molar-refractivity contribution in [3.63, 3.8) is 0 Å². The van der Waals surface area contributed by atoms with Crippen LogP contribution in [0.4, 0.5) is 0 Å². The number of hydrogen-bond donors (Lipinski definition) is 7. The first-order valence-corrected chi connectivity index (χ1v) is 11.0. The van der Waals surface area contributed by atoms with Gasteiger partial charge in [0.25, 0.3) is 0 Å². The van der Waals surface area contributed by atoms with E-state index in [-0.39, 0.29) is 24.8 Å². The number of aliphatic carboxylic acids is 1. The van der Waals surface area contributed by atoms with E-state index < -0.39 is 48.4 Å². The Kier molecular flexibility index (Phi) is 12.1. The van der Waals surface area contributed by atoms with Crippen molar-refractivity contribution in [2.75, 3.05) is 13.1 Å². The van der Waals surface area contributed by atoms with Gasteiger partial charge in [0.2, 0.25) is 17.7 Å². The molecule has 0 aliphatic rings. The number of amides is 3. The molecule has 3 unspecified atom stereocenters. The van der Waals surface area contributed by atoms with Crippen molar-refractivity contribution >= 4 is 29.7 Å². The minimum absolute atomic E-state index is 0.105. The van der Waals surface area contributed by atoms with Crippen LogP contribution in [0.2, 0.25) is 0 Å². The summed E-state index contributed by atoms with van der Waals surface area (Å²) in [6.07, 6.45) is 0.753. The first kappa shape index (κ1) is 28.4. The molecule has 12 heteroatoms. The molecule has 0 aliphatic heterocycles. The standard InChI is InChI=1S/C22H35N7O5/c1-13(2)18(29-19(31)15(23)11-14-7-4-3-5-8-14)20(32)27-12-17(30)28-16(21(33)34)9-6-10-26-22(24)25/h3-5,7-8,13,15-16,18H,6,9-12,23H2,1-2H3,(H,27,32)(H,28,30)(H,29,31)(H,33,34)(H4,24,25,26). The van der Waals surface area contributed by atoms with Gasteiger partial charge in [0.1, 0.15) is 12.1 Å². The summed E-state index contributed by atoms with van der Waals surface area (Å²) in [5.41, 5.74) is 17.3. The van der Waals surface area contributed by atoms with Crippen LogP contribution in [0.3, 0.4) is 0 Å². The number of nitrogens with one attached hydrogen (secondary N) is 3. The van der Waals surface area contributed by atoms with Crippen molar-refractivity contribution < 1.29 is 24.3 Å². The Balaban J connectivity index is 2.57. The summed E-state index contributed by atoms with van der Waals surface area (Å²) in [7, 11) is 0. The van der Waals surface area contributed by atoms with E-state index in [0.29, 0.717) is 12.8 Å². The molecule has 0 saturated heterocycles. The van der Waals surface area contributed by atoms with Gasteiger partial charge in [-0.1, -0.05) is 44.2 Å². The second-order valence-corrected chi connectivity index (χ2v) is 8.15. The van der Waals surface area contributed by atoms with Crippen molar-refractivity contribution in [3.05, 3.63) is 35.9 Å². The summed E-state index contributed by atoms with van der Waals surface area (Å²) < 4.78 is 0. The SMILES string of the molecule is CC(C)C(NC(=O)C(N)Cc1ccccc1)C(=O)NCC(=O)NC(CCCN=C(N)N)C(=O)O. The van der Waals surface area contributed by atoms with Gasteiger partial charge in [0.05, 0.1) is 12.6 Å². The van der Waals surface area contributed by atoms with Crippen LogP contribution >= 0.6 is 0 Å². The summed E-state index contributed by atoms with van der Waals surface area (Å²) >= 11 is 0. The quantitative estimate of drug-likeness (QED) is 0.0942. The summed E-state index contributed by atoms with van der Waals surface area (Å²) in [6.45, 7) is 3.25. The molecule has 0 aromatic heterocycles. The number of nitrogens with zero attached hydrogens (tertiary/aromatic N) is 1. The van der Waals surface area contributed by atoms with Gasteiger partial charge in [-0.25, -0.2) is 4.79 Å². The number of aliphatic imine (C=N–C) groups is 1. The van der Waals surface area contributed by atoms with Crippen molar-refractivity contribution in [1.82, 2.24) is 16.0 Å². The van der Waals surface area contributed by atoms with Crippen LogP contribution < -0.4 is 33.2 Å². The van der Waals surface area contributed by atoms with Gasteiger partial charge in [-0.15, -0.1) is 0 Å². The third-order valence-electron chi connectivity index (χ3n) is 4.88. The highest BCUT2D eigenvalue weighted by Crippen LogP contribution is 2.05. The highest BCUT2D eigenvalue weighted by atomic mass is 16.4. The number of rotatable bonds is 14. The number of guanidine groups is 1. The smallest absolute Gasteiger partial charge is 0.326 e. The van der Waals surface area contributed by atoms with Crippen LogP contribution in [0.1, 0.15) is 32.3 Å². The number of benzene rings is 1. The Bertz CT molecular complexity index is 856. The highest BCUT2D eigenvalue weighted by molar-refractivity contribution is 5.92. The maximum Gasteiger partial charge on any atom is 0.326 e. The van der Waals surface area contributed by atoms with E-state index in [1.54, 1.807) is 13.8 Å². The second-order valence-electron chi connectivity index (χ2n) is 8.15. The Morgan fingerprint density at radius 1 is 1.03 bits per heavy atom. The van der Waals surface area contributed by atoms with Gasteiger partial charge in [-0.2, -0.15) is 0 Å². The molecule has 0 saturated carbocycles. The summed E-state index contributed by atoms with van der Waals surface area (Å²) in [5.74, 6) is -3.36. The first-order valence-electron chi connectivity index (χ1n) is 11.0. The molecule has 1 aromatic rings. The number of nitrogens with two attached hydrogens (primary N) is 3. The lowest BCUT2D eigenvalue weighted by atomic mass is 10.0. The van der Waals surface area contributed by atoms with Gasteiger partial charge >= 0.3 is 5.97 Å². The third kappa shape index (κ3) is 10.8. The number of hydrogen-bond acceptors (Lipinski definition) is 6. The number of carboxylic acid groups (broad SMARTS) is 1. The molecule has 3 atom stereocenters. The Hall–Kier alpha value is -3.67. The first-order chi connectivity index (χ1) is 16.0. The van der Waals surface area contributed by atoms with Gasteiger partial charge < -0.3 is 38.3 Å². The zero-order chi connectivity index (χ0) is 25.7. The van der Waals surface area contributed by atoms with Gasteiger partial charge in [0, 0.05) is 6.54 Å². The molecule has 0 heterocycles. The minimum atomic E-state index is -1.22. The van der Waals surface area contributed by atoms with E-state index in [1.165, 1.54) is 0 Å². The molecule has 188 valence electrons. The maximum absolute atomic E-state index is 12.6. The fourth-order valence-electron chi connectivity index (χ4n) is 3.04. The zero-order valence-electron chi connectivity index (χ0n) is 19.5. The highest BCUT2D eigenvalue weighted by Gasteiger charge is 2.27. The van der Waals surface area contributed by atoms with Crippen LogP contribution in [0.15, 0.2) is 35.3 Å². The molecule has 0 fully saturated rings. The van der Waals surface area contributed by atoms with Crippen molar-refractivity contribution in [2.24, 2.45) is 28.1 Å². The lowest BCUT2D eigenvalue weighted by molar-refractivity contribution is -0.142. The van der Waals surface area contributed by atoms with E-state index in [0.717, 1.165) is 5.56 Å². The van der Waals surface area contributed by atoms with Crippen molar-refractivity contribution in [3.8, 4) is 0 Å². The average Bonchev–Trinajstić information content (AvgIpc) is 2.77. The molecule has 10 N–H and O–H groups in total. The van der Waals surface area contributed by atoms with Crippen LogP contribution in [-0.2, 0) is 25.6 Å². The van der Waals surface area contributed by atoms with Gasteiger partial charge in [-0.05, 0) is 30.7 Å². The van der Waals surface area contributed by atoms with E-state index in [2.05, 4.69) is 20.9 Å². The van der Waals surface area contributed by atoms with Crippen LogP contribution in [0.25, 0.3) is 0 Å². The molecule has 12 nitrogen and oxygen atoms in total. The maximum atomic E-state index is 12.6. The molecule has 1 aromatic carbocycles. The largest absolute Gasteiger partial charge is 0.480 e. The van der Waals surface area contributed by atoms with Crippen molar-refractivity contribution in [2.45, 2.75) is 51.2 Å². The van der Waals surface area contributed by atoms with E-state index >= 15 is 0 Å². The van der Waals surface area contributed by atoms with E-state index in [4.69, 9.17) is 17.2 Å². The van der Waals surface area contributed by atoms with Gasteiger partial charge in [0.15, 0.2) is 5.96 Å². The summed E-state index contributed by atoms with van der Waals surface area (Å²) in [6, 6.07) is 6.31. The molecule has 0 bridgehead atoms. The van der Waals surface area contributed by atoms with Crippen LogP contribution in [0, 0.1) is 5.92 Å². The molecule has 3 amide bonds. The predicted octanol–water partition coefficient (Wildman–Crippen LogP) is -1.56. The predicted molar refractivity (Wildman–Crippen MR) is 127 cm³/mol. The third-order valence-corrected chi connectivity index (χ3v) is 4.88. The fraction of sp³-hybridized carbons (Fsp3) is 0.500. The summed E-state index contributed by atoms with van der Waals surface area (Å²) in [5, 5.41) is 16.7. The Labute approximate surface area is 198 Å². The zero-order valence-corrected chi connectivity index (χ0v) is 19.5. The molecular formula is C22H35N7O5. The molecule has 1 rings (SSSR count). The van der Waals surface area contributed by atoms with Crippen molar-refractivity contribution in [1.29, 1.82) is 0 Å².